The van der Waals surface area contributed by atoms with Gasteiger partial charge in [-0.05, 0) is 36.8 Å². The second kappa shape index (κ2) is 4.88. The molecule has 0 bridgehead atoms. The number of hydrogen-bond acceptors (Lipinski definition) is 2. The summed E-state index contributed by atoms with van der Waals surface area (Å²) >= 11 is 0. The molecule has 3 unspecified atom stereocenters. The number of aliphatic hydroxyl groups is 1. The zero-order valence-corrected chi connectivity index (χ0v) is 10.0. The highest BCUT2D eigenvalue weighted by molar-refractivity contribution is 5.38. The van der Waals surface area contributed by atoms with E-state index >= 15 is 0 Å². The van der Waals surface area contributed by atoms with Gasteiger partial charge in [-0.2, -0.15) is 0 Å². The van der Waals surface area contributed by atoms with Gasteiger partial charge < -0.3 is 9.84 Å². The summed E-state index contributed by atoms with van der Waals surface area (Å²) < 4.78 is 5.64. The van der Waals surface area contributed by atoms with Crippen LogP contribution in [0.4, 0.5) is 0 Å². The minimum atomic E-state index is -0.121. The SMILES string of the molecule is CCOc1ccccc1C1CC(O)C1CC. The minimum Gasteiger partial charge on any atom is -0.494 e. The number of para-hydroxylation sites is 1. The lowest BCUT2D eigenvalue weighted by molar-refractivity contribution is -0.00154. The molecule has 2 nitrogen and oxygen atoms in total. The van der Waals surface area contributed by atoms with E-state index in [1.807, 2.05) is 19.1 Å². The fourth-order valence-electron chi connectivity index (χ4n) is 2.67. The Balaban J connectivity index is 2.20. The molecule has 0 saturated heterocycles. The molecule has 1 saturated carbocycles. The van der Waals surface area contributed by atoms with Crippen LogP contribution in [0.3, 0.4) is 0 Å². The van der Waals surface area contributed by atoms with Crippen molar-refractivity contribution in [3.05, 3.63) is 29.8 Å². The van der Waals surface area contributed by atoms with E-state index in [2.05, 4.69) is 19.1 Å². The van der Waals surface area contributed by atoms with Crippen molar-refractivity contribution in [1.82, 2.24) is 0 Å². The molecule has 88 valence electrons. The average molecular weight is 220 g/mol. The molecule has 16 heavy (non-hydrogen) atoms. The Bertz CT molecular complexity index is 348. The number of aliphatic hydroxyl groups excluding tert-OH is 1. The minimum absolute atomic E-state index is 0.121. The van der Waals surface area contributed by atoms with Gasteiger partial charge in [0.1, 0.15) is 5.75 Å². The van der Waals surface area contributed by atoms with Gasteiger partial charge >= 0.3 is 0 Å². The highest BCUT2D eigenvalue weighted by Crippen LogP contribution is 2.47. The molecular formula is C14H20O2. The summed E-state index contributed by atoms with van der Waals surface area (Å²) in [5.74, 6) is 1.87. The van der Waals surface area contributed by atoms with E-state index in [-0.39, 0.29) is 6.10 Å². The Hall–Kier alpha value is -1.02. The van der Waals surface area contributed by atoms with Gasteiger partial charge in [-0.25, -0.2) is 0 Å². The van der Waals surface area contributed by atoms with E-state index in [0.717, 1.165) is 18.6 Å². The number of ether oxygens (including phenoxy) is 1. The standard InChI is InChI=1S/C14H20O2/c1-3-10-12(9-13(10)15)11-7-5-6-8-14(11)16-4-2/h5-8,10,12-13,15H,3-4,9H2,1-2H3. The monoisotopic (exact) mass is 220 g/mol. The third kappa shape index (κ3) is 1.94. The van der Waals surface area contributed by atoms with Crippen LogP contribution >= 0.6 is 0 Å². The number of rotatable bonds is 4. The topological polar surface area (TPSA) is 29.5 Å². The molecule has 2 rings (SSSR count). The first-order valence-electron chi connectivity index (χ1n) is 6.17. The lowest BCUT2D eigenvalue weighted by Crippen LogP contribution is -2.39. The van der Waals surface area contributed by atoms with Crippen molar-refractivity contribution in [1.29, 1.82) is 0 Å². The summed E-state index contributed by atoms with van der Waals surface area (Å²) in [5.41, 5.74) is 1.27. The third-order valence-corrected chi connectivity index (χ3v) is 3.60. The number of benzene rings is 1. The molecule has 1 aliphatic carbocycles. The average Bonchev–Trinajstić information content (AvgIpc) is 2.28. The summed E-state index contributed by atoms with van der Waals surface area (Å²) in [6.45, 7) is 4.84. The Labute approximate surface area is 97.3 Å². The third-order valence-electron chi connectivity index (χ3n) is 3.60. The van der Waals surface area contributed by atoms with Crippen LogP contribution in [0.5, 0.6) is 5.75 Å². The van der Waals surface area contributed by atoms with Crippen LogP contribution in [0.15, 0.2) is 24.3 Å². The van der Waals surface area contributed by atoms with Crippen molar-refractivity contribution in [2.75, 3.05) is 6.61 Å². The van der Waals surface area contributed by atoms with E-state index in [1.165, 1.54) is 5.56 Å². The molecule has 0 heterocycles. The molecule has 1 N–H and O–H groups in total. The molecule has 1 aliphatic rings. The van der Waals surface area contributed by atoms with Gasteiger partial charge in [-0.1, -0.05) is 31.5 Å². The Morgan fingerprint density at radius 2 is 2.06 bits per heavy atom. The first-order chi connectivity index (χ1) is 7.77. The van der Waals surface area contributed by atoms with Crippen LogP contribution in [0, 0.1) is 5.92 Å². The molecule has 3 atom stereocenters. The number of hydrogen-bond donors (Lipinski definition) is 1. The molecule has 1 fully saturated rings. The van der Waals surface area contributed by atoms with Crippen molar-refractivity contribution >= 4 is 0 Å². The van der Waals surface area contributed by atoms with Gasteiger partial charge in [-0.3, -0.25) is 0 Å². The zero-order chi connectivity index (χ0) is 11.5. The molecule has 1 aromatic carbocycles. The summed E-state index contributed by atoms with van der Waals surface area (Å²) in [5, 5.41) is 9.72. The van der Waals surface area contributed by atoms with Crippen molar-refractivity contribution in [2.45, 2.75) is 38.7 Å². The van der Waals surface area contributed by atoms with Gasteiger partial charge in [0.15, 0.2) is 0 Å². The van der Waals surface area contributed by atoms with E-state index in [9.17, 15) is 5.11 Å². The van der Waals surface area contributed by atoms with E-state index in [1.54, 1.807) is 0 Å². The maximum absolute atomic E-state index is 9.72. The van der Waals surface area contributed by atoms with Crippen LogP contribution in [0.1, 0.15) is 38.2 Å². The van der Waals surface area contributed by atoms with Gasteiger partial charge in [0, 0.05) is 0 Å². The van der Waals surface area contributed by atoms with Crippen LogP contribution in [0.2, 0.25) is 0 Å². The van der Waals surface area contributed by atoms with Gasteiger partial charge in [0.2, 0.25) is 0 Å². The normalized spacial score (nSPS) is 28.6. The van der Waals surface area contributed by atoms with E-state index in [4.69, 9.17) is 4.74 Å². The van der Waals surface area contributed by atoms with Gasteiger partial charge in [0.25, 0.3) is 0 Å². The Morgan fingerprint density at radius 3 is 2.69 bits per heavy atom. The second-order valence-corrected chi connectivity index (χ2v) is 4.45. The first-order valence-corrected chi connectivity index (χ1v) is 6.17. The quantitative estimate of drug-likeness (QED) is 0.845. The lowest BCUT2D eigenvalue weighted by Gasteiger charge is -2.42. The predicted octanol–water partition coefficient (Wildman–Crippen LogP) is 2.96. The summed E-state index contributed by atoms with van der Waals surface area (Å²) in [7, 11) is 0. The zero-order valence-electron chi connectivity index (χ0n) is 10.0. The first kappa shape index (κ1) is 11.5. The highest BCUT2D eigenvalue weighted by atomic mass is 16.5. The molecular weight excluding hydrogens is 200 g/mol. The van der Waals surface area contributed by atoms with E-state index in [0.29, 0.717) is 18.4 Å². The summed E-state index contributed by atoms with van der Waals surface area (Å²) in [6.07, 6.45) is 1.79. The van der Waals surface area contributed by atoms with Crippen molar-refractivity contribution in [3.8, 4) is 5.75 Å². The molecule has 0 aliphatic heterocycles. The van der Waals surface area contributed by atoms with Gasteiger partial charge in [-0.15, -0.1) is 0 Å². The maximum atomic E-state index is 9.72. The summed E-state index contributed by atoms with van der Waals surface area (Å²) in [6, 6.07) is 8.21. The fourth-order valence-corrected chi connectivity index (χ4v) is 2.67. The van der Waals surface area contributed by atoms with Crippen LogP contribution in [-0.2, 0) is 0 Å². The van der Waals surface area contributed by atoms with Crippen molar-refractivity contribution < 1.29 is 9.84 Å². The van der Waals surface area contributed by atoms with Gasteiger partial charge in [0.05, 0.1) is 12.7 Å². The molecule has 1 aromatic rings. The van der Waals surface area contributed by atoms with Crippen LogP contribution in [0.25, 0.3) is 0 Å². The Morgan fingerprint density at radius 1 is 1.31 bits per heavy atom. The molecule has 0 aromatic heterocycles. The van der Waals surface area contributed by atoms with Crippen LogP contribution < -0.4 is 4.74 Å². The van der Waals surface area contributed by atoms with Crippen molar-refractivity contribution in [3.63, 3.8) is 0 Å². The Kier molecular flexibility index (Phi) is 3.49. The smallest absolute Gasteiger partial charge is 0.122 e. The van der Waals surface area contributed by atoms with Crippen LogP contribution in [-0.4, -0.2) is 17.8 Å². The fraction of sp³-hybridized carbons (Fsp3) is 0.571. The lowest BCUT2D eigenvalue weighted by atomic mass is 9.66. The second-order valence-electron chi connectivity index (χ2n) is 4.45. The molecule has 2 heteroatoms. The molecule has 0 spiro atoms. The summed E-state index contributed by atoms with van der Waals surface area (Å²) in [4.78, 5) is 0. The van der Waals surface area contributed by atoms with E-state index < -0.39 is 0 Å². The maximum Gasteiger partial charge on any atom is 0.122 e. The molecule has 0 radical (unpaired) electrons. The van der Waals surface area contributed by atoms with Crippen molar-refractivity contribution in [2.24, 2.45) is 5.92 Å². The largest absolute Gasteiger partial charge is 0.494 e. The predicted molar refractivity (Wildman–Crippen MR) is 64.8 cm³/mol. The highest BCUT2D eigenvalue weighted by Gasteiger charge is 2.40. The molecule has 0 amide bonds.